The van der Waals surface area contributed by atoms with E-state index in [0.29, 0.717) is 18.0 Å². The number of rotatable bonds is 4. The molecule has 4 atom stereocenters. The number of allylic oxidation sites excluding steroid dienone is 2. The maximum absolute atomic E-state index is 12.7. The molecule has 1 saturated heterocycles. The fraction of sp³-hybridized carbons (Fsp3) is 0.450. The summed E-state index contributed by atoms with van der Waals surface area (Å²) in [6.45, 7) is 0.281. The first-order chi connectivity index (χ1) is 13.1. The van der Waals surface area contributed by atoms with Crippen LogP contribution in [0.5, 0.6) is 11.5 Å². The highest BCUT2D eigenvalue weighted by Gasteiger charge is 2.56. The lowest BCUT2D eigenvalue weighted by molar-refractivity contribution is -0.143. The largest absolute Gasteiger partial charge is 0.454 e. The van der Waals surface area contributed by atoms with Crippen LogP contribution < -0.4 is 14.8 Å². The Balaban J connectivity index is 1.22. The zero-order valence-corrected chi connectivity index (χ0v) is 14.7. The van der Waals surface area contributed by atoms with E-state index in [1.54, 1.807) is 6.07 Å². The molecule has 7 heteroatoms. The molecule has 3 aliphatic carbocycles. The van der Waals surface area contributed by atoms with Gasteiger partial charge in [-0.15, -0.1) is 0 Å². The van der Waals surface area contributed by atoms with Gasteiger partial charge >= 0.3 is 0 Å². The van der Waals surface area contributed by atoms with Crippen molar-refractivity contribution in [2.45, 2.75) is 19.4 Å². The molecule has 5 aliphatic rings. The highest BCUT2D eigenvalue weighted by atomic mass is 16.7. The molecule has 6 rings (SSSR count). The van der Waals surface area contributed by atoms with Gasteiger partial charge in [0.25, 0.3) is 0 Å². The quantitative estimate of drug-likeness (QED) is 0.638. The fourth-order valence-electron chi connectivity index (χ4n) is 4.74. The molecule has 7 nitrogen and oxygen atoms in total. The number of carbonyl (C=O) groups excluding carboxylic acids is 3. The van der Waals surface area contributed by atoms with Crippen molar-refractivity contribution in [2.24, 2.45) is 23.7 Å². The highest BCUT2D eigenvalue weighted by Crippen LogP contribution is 2.49. The van der Waals surface area contributed by atoms with Gasteiger partial charge in [0, 0.05) is 6.54 Å². The van der Waals surface area contributed by atoms with Crippen LogP contribution in [0.25, 0.3) is 0 Å². The lowest BCUT2D eigenvalue weighted by Gasteiger charge is -2.38. The molecule has 1 saturated carbocycles. The summed E-state index contributed by atoms with van der Waals surface area (Å²) in [7, 11) is 0. The van der Waals surface area contributed by atoms with Crippen LogP contribution >= 0.6 is 0 Å². The van der Waals surface area contributed by atoms with Gasteiger partial charge in [-0.2, -0.15) is 0 Å². The summed E-state index contributed by atoms with van der Waals surface area (Å²) in [5, 5.41) is 2.78. The molecule has 2 bridgehead atoms. The van der Waals surface area contributed by atoms with Crippen molar-refractivity contribution >= 4 is 17.7 Å². The summed E-state index contributed by atoms with van der Waals surface area (Å²) in [6.07, 6.45) is 6.05. The Hall–Kier alpha value is -2.83. The minimum absolute atomic E-state index is 0.137. The first-order valence-corrected chi connectivity index (χ1v) is 9.30. The minimum atomic E-state index is -0.340. The molecule has 27 heavy (non-hydrogen) atoms. The number of fused-ring (bicyclic) bond motifs is 2. The number of hydrogen-bond acceptors (Lipinski definition) is 5. The van der Waals surface area contributed by atoms with E-state index in [4.69, 9.17) is 9.47 Å². The third-order valence-corrected chi connectivity index (χ3v) is 6.08. The molecule has 2 fully saturated rings. The molecule has 4 unspecified atom stereocenters. The van der Waals surface area contributed by atoms with Crippen LogP contribution in [0.1, 0.15) is 18.4 Å². The van der Waals surface area contributed by atoms with Crippen molar-refractivity contribution in [2.75, 3.05) is 13.3 Å². The fourth-order valence-corrected chi connectivity index (χ4v) is 4.74. The number of likely N-dealkylation sites (tertiary alicyclic amines) is 1. The Morgan fingerprint density at radius 1 is 1.04 bits per heavy atom. The molecule has 2 aliphatic heterocycles. The lowest BCUT2D eigenvalue weighted by Crippen LogP contribution is -2.41. The van der Waals surface area contributed by atoms with Crippen LogP contribution in [0.3, 0.4) is 0 Å². The molecule has 140 valence electrons. The van der Waals surface area contributed by atoms with Crippen molar-refractivity contribution in [3.8, 4) is 11.5 Å². The lowest BCUT2D eigenvalue weighted by atomic mass is 9.63. The normalized spacial score (nSPS) is 30.0. The molecule has 2 heterocycles. The molecule has 0 radical (unpaired) electrons. The van der Waals surface area contributed by atoms with Crippen LogP contribution in [0.4, 0.5) is 0 Å². The summed E-state index contributed by atoms with van der Waals surface area (Å²) >= 11 is 0. The maximum Gasteiger partial charge on any atom is 0.240 e. The summed E-state index contributed by atoms with van der Waals surface area (Å²) in [5.41, 5.74) is 0.864. The van der Waals surface area contributed by atoms with Crippen LogP contribution in [-0.4, -0.2) is 36.0 Å². The van der Waals surface area contributed by atoms with Gasteiger partial charge in [-0.1, -0.05) is 18.2 Å². The van der Waals surface area contributed by atoms with Gasteiger partial charge in [-0.25, -0.2) is 0 Å². The monoisotopic (exact) mass is 368 g/mol. The molecule has 0 spiro atoms. The molecule has 0 aromatic heterocycles. The van der Waals surface area contributed by atoms with Crippen molar-refractivity contribution in [3.63, 3.8) is 0 Å². The zero-order chi connectivity index (χ0) is 18.5. The van der Waals surface area contributed by atoms with Gasteiger partial charge in [0.05, 0.1) is 11.8 Å². The van der Waals surface area contributed by atoms with Crippen LogP contribution in [0, 0.1) is 23.7 Å². The number of hydrogen-bond donors (Lipinski definition) is 1. The van der Waals surface area contributed by atoms with E-state index in [-0.39, 0.29) is 54.7 Å². The molecule has 1 aromatic carbocycles. The second kappa shape index (κ2) is 6.11. The van der Waals surface area contributed by atoms with Crippen molar-refractivity contribution in [1.29, 1.82) is 0 Å². The molecular weight excluding hydrogens is 348 g/mol. The SMILES string of the molecule is O=C(CN1C(=O)C2C3C=CC(CC3)C2C1=O)NCc1ccc2c(c1)OCO2. The van der Waals surface area contributed by atoms with E-state index in [9.17, 15) is 14.4 Å². The summed E-state index contributed by atoms with van der Waals surface area (Å²) in [5.74, 6) is 0.336. The van der Waals surface area contributed by atoms with Crippen molar-refractivity contribution in [3.05, 3.63) is 35.9 Å². The van der Waals surface area contributed by atoms with E-state index in [0.717, 1.165) is 23.3 Å². The molecule has 1 N–H and O–H groups in total. The van der Waals surface area contributed by atoms with Crippen molar-refractivity contribution < 1.29 is 23.9 Å². The van der Waals surface area contributed by atoms with Gasteiger partial charge < -0.3 is 14.8 Å². The standard InChI is InChI=1S/C20H20N2O5/c23-16(21-8-11-1-6-14-15(7-11)27-10-26-14)9-22-19(24)17-12-2-3-13(5-4-12)18(17)20(22)25/h1-3,6-7,12-13,17-18H,4-5,8-10H2,(H,21,23). The molecule has 3 amide bonds. The van der Waals surface area contributed by atoms with E-state index in [2.05, 4.69) is 17.5 Å². The number of ether oxygens (including phenoxy) is 2. The first kappa shape index (κ1) is 16.4. The van der Waals surface area contributed by atoms with E-state index >= 15 is 0 Å². The van der Waals surface area contributed by atoms with E-state index in [1.807, 2.05) is 12.1 Å². The minimum Gasteiger partial charge on any atom is -0.454 e. The summed E-state index contributed by atoms with van der Waals surface area (Å²) in [4.78, 5) is 39.0. The second-order valence-electron chi connectivity index (χ2n) is 7.57. The Morgan fingerprint density at radius 3 is 2.37 bits per heavy atom. The maximum atomic E-state index is 12.7. The Bertz CT molecular complexity index is 832. The summed E-state index contributed by atoms with van der Waals surface area (Å²) < 4.78 is 10.6. The number of benzene rings is 1. The average Bonchev–Trinajstić information content (AvgIpc) is 3.26. The van der Waals surface area contributed by atoms with Gasteiger partial charge in [-0.05, 0) is 42.4 Å². The average molecular weight is 368 g/mol. The number of amides is 3. The number of nitrogens with zero attached hydrogens (tertiary/aromatic N) is 1. The van der Waals surface area contributed by atoms with Crippen LogP contribution in [0.15, 0.2) is 30.4 Å². The van der Waals surface area contributed by atoms with Crippen molar-refractivity contribution in [1.82, 2.24) is 10.2 Å². The van der Waals surface area contributed by atoms with Gasteiger partial charge in [0.15, 0.2) is 11.5 Å². The Kier molecular flexibility index (Phi) is 3.70. The third-order valence-electron chi connectivity index (χ3n) is 6.08. The van der Waals surface area contributed by atoms with Gasteiger partial charge in [-0.3, -0.25) is 19.3 Å². The second-order valence-corrected chi connectivity index (χ2v) is 7.57. The predicted octanol–water partition coefficient (Wildman–Crippen LogP) is 1.23. The van der Waals surface area contributed by atoms with E-state index in [1.165, 1.54) is 0 Å². The van der Waals surface area contributed by atoms with Gasteiger partial charge in [0.1, 0.15) is 6.54 Å². The predicted molar refractivity (Wildman–Crippen MR) is 93.5 cm³/mol. The number of carbonyl (C=O) groups is 3. The smallest absolute Gasteiger partial charge is 0.240 e. The first-order valence-electron chi connectivity index (χ1n) is 9.30. The van der Waals surface area contributed by atoms with Crippen LogP contribution in [-0.2, 0) is 20.9 Å². The Labute approximate surface area is 156 Å². The van der Waals surface area contributed by atoms with Crippen LogP contribution in [0.2, 0.25) is 0 Å². The highest BCUT2D eigenvalue weighted by molar-refractivity contribution is 6.08. The molecule has 1 aromatic rings. The number of nitrogens with one attached hydrogen (secondary N) is 1. The summed E-state index contributed by atoms with van der Waals surface area (Å²) in [6, 6.07) is 5.45. The number of imide groups is 1. The van der Waals surface area contributed by atoms with E-state index < -0.39 is 0 Å². The molecular formula is C20H20N2O5. The van der Waals surface area contributed by atoms with Gasteiger partial charge in [0.2, 0.25) is 24.5 Å². The zero-order valence-electron chi connectivity index (χ0n) is 14.7. The topological polar surface area (TPSA) is 84.9 Å². The third kappa shape index (κ3) is 2.60. The Morgan fingerprint density at radius 2 is 1.70 bits per heavy atom.